The van der Waals surface area contributed by atoms with Crippen LogP contribution >= 0.6 is 0 Å². The Morgan fingerprint density at radius 3 is 2.55 bits per heavy atom. The van der Waals surface area contributed by atoms with Crippen LogP contribution in [0.3, 0.4) is 0 Å². The second-order valence-electron chi connectivity index (χ2n) is 7.78. The van der Waals surface area contributed by atoms with Crippen LogP contribution in [-0.4, -0.2) is 44.8 Å². The number of aromatic nitrogens is 3. The lowest BCUT2D eigenvalue weighted by molar-refractivity contribution is -0.140. The Hall–Kier alpha value is -3.68. The van der Waals surface area contributed by atoms with Gasteiger partial charge >= 0.3 is 0 Å². The fraction of sp³-hybridized carbons (Fsp3) is 0.261. The minimum absolute atomic E-state index is 0.169. The summed E-state index contributed by atoms with van der Waals surface area (Å²) in [5.74, 6) is -0.894. The molecule has 3 heterocycles. The predicted octanol–water partition coefficient (Wildman–Crippen LogP) is 2.57. The standard InChI is InChI=1S/C23H22FN5O2/c1-16(18-6-4-8-25-12-18)28-22(31)23(11-17-5-2-3-7-19(17)24)14-29(15-23)21(30)20-13-26-9-10-27-20/h2-10,12-13,16H,11,14-15H2,1H3,(H,28,31). The summed E-state index contributed by atoms with van der Waals surface area (Å²) in [6.07, 6.45) is 7.88. The molecule has 2 aromatic heterocycles. The van der Waals surface area contributed by atoms with E-state index in [1.165, 1.54) is 24.7 Å². The van der Waals surface area contributed by atoms with Gasteiger partial charge in [-0.1, -0.05) is 24.3 Å². The molecule has 31 heavy (non-hydrogen) atoms. The molecule has 0 bridgehead atoms. The minimum atomic E-state index is -0.934. The average molecular weight is 419 g/mol. The van der Waals surface area contributed by atoms with E-state index in [4.69, 9.17) is 0 Å². The van der Waals surface area contributed by atoms with Crippen molar-refractivity contribution in [2.24, 2.45) is 5.41 Å². The lowest BCUT2D eigenvalue weighted by Gasteiger charge is -2.49. The van der Waals surface area contributed by atoms with Crippen molar-refractivity contribution in [3.8, 4) is 0 Å². The van der Waals surface area contributed by atoms with Gasteiger partial charge in [0, 0.05) is 37.9 Å². The Labute approximate surface area is 179 Å². The lowest BCUT2D eigenvalue weighted by Crippen LogP contribution is -2.65. The van der Waals surface area contributed by atoms with E-state index in [9.17, 15) is 14.0 Å². The van der Waals surface area contributed by atoms with E-state index in [2.05, 4.69) is 20.3 Å². The number of benzene rings is 1. The normalized spacial score (nSPS) is 15.6. The maximum absolute atomic E-state index is 14.4. The van der Waals surface area contributed by atoms with Crippen LogP contribution < -0.4 is 5.32 Å². The van der Waals surface area contributed by atoms with Gasteiger partial charge in [0.1, 0.15) is 11.5 Å². The third-order valence-corrected chi connectivity index (χ3v) is 5.56. The summed E-state index contributed by atoms with van der Waals surface area (Å²) in [6.45, 7) is 2.21. The Morgan fingerprint density at radius 2 is 1.87 bits per heavy atom. The Morgan fingerprint density at radius 1 is 1.10 bits per heavy atom. The molecule has 8 heteroatoms. The molecule has 0 radical (unpaired) electrons. The van der Waals surface area contributed by atoms with Crippen LogP contribution in [0.5, 0.6) is 0 Å². The Balaban J connectivity index is 1.55. The SMILES string of the molecule is CC(NC(=O)C1(Cc2ccccc2F)CN(C(=O)c2cnccn2)C1)c1cccnc1. The molecule has 7 nitrogen and oxygen atoms in total. The number of hydrogen-bond donors (Lipinski definition) is 1. The summed E-state index contributed by atoms with van der Waals surface area (Å²) in [5, 5.41) is 3.01. The molecule has 2 amide bonds. The van der Waals surface area contributed by atoms with Crippen LogP contribution in [0.4, 0.5) is 4.39 Å². The number of hydrogen-bond acceptors (Lipinski definition) is 5. The fourth-order valence-corrected chi connectivity index (χ4v) is 3.81. The molecule has 1 aliphatic rings. The second-order valence-corrected chi connectivity index (χ2v) is 7.78. The van der Waals surface area contributed by atoms with Crippen LogP contribution in [0.25, 0.3) is 0 Å². The molecule has 4 rings (SSSR count). The van der Waals surface area contributed by atoms with Gasteiger partial charge < -0.3 is 10.2 Å². The van der Waals surface area contributed by atoms with Crippen molar-refractivity contribution in [1.29, 1.82) is 0 Å². The molecule has 1 atom stereocenters. The molecule has 158 valence electrons. The van der Waals surface area contributed by atoms with Crippen LogP contribution in [0.1, 0.15) is 34.6 Å². The first kappa shape index (κ1) is 20.6. The molecule has 0 saturated carbocycles. The first-order valence-electron chi connectivity index (χ1n) is 9.98. The summed E-state index contributed by atoms with van der Waals surface area (Å²) >= 11 is 0. The number of likely N-dealkylation sites (tertiary alicyclic amines) is 1. The van der Waals surface area contributed by atoms with Gasteiger partial charge in [-0.25, -0.2) is 9.37 Å². The van der Waals surface area contributed by atoms with Crippen LogP contribution in [-0.2, 0) is 11.2 Å². The number of nitrogens with one attached hydrogen (secondary N) is 1. The van der Waals surface area contributed by atoms with Crippen molar-refractivity contribution in [2.75, 3.05) is 13.1 Å². The minimum Gasteiger partial charge on any atom is -0.349 e. The average Bonchev–Trinajstić information content (AvgIpc) is 2.78. The van der Waals surface area contributed by atoms with E-state index in [0.717, 1.165) is 5.56 Å². The molecule has 0 spiro atoms. The zero-order chi connectivity index (χ0) is 21.8. The third-order valence-electron chi connectivity index (χ3n) is 5.56. The highest BCUT2D eigenvalue weighted by atomic mass is 19.1. The van der Waals surface area contributed by atoms with Gasteiger partial charge in [0.15, 0.2) is 0 Å². The number of nitrogens with zero attached hydrogens (tertiary/aromatic N) is 4. The highest BCUT2D eigenvalue weighted by Crippen LogP contribution is 2.36. The van der Waals surface area contributed by atoms with Gasteiger partial charge in [0.05, 0.1) is 17.7 Å². The maximum atomic E-state index is 14.4. The number of pyridine rings is 1. The summed E-state index contributed by atoms with van der Waals surface area (Å²) in [4.78, 5) is 39.6. The zero-order valence-corrected chi connectivity index (χ0v) is 17.0. The summed E-state index contributed by atoms with van der Waals surface area (Å²) in [7, 11) is 0. The van der Waals surface area contributed by atoms with Gasteiger partial charge in [0.2, 0.25) is 5.91 Å². The molecule has 1 saturated heterocycles. The first-order valence-corrected chi connectivity index (χ1v) is 9.98. The molecule has 1 unspecified atom stereocenters. The molecule has 1 N–H and O–H groups in total. The molecule has 1 aliphatic heterocycles. The van der Waals surface area contributed by atoms with Crippen LogP contribution in [0.2, 0.25) is 0 Å². The van der Waals surface area contributed by atoms with Gasteiger partial charge in [-0.05, 0) is 36.6 Å². The molecule has 0 aliphatic carbocycles. The molecule has 1 fully saturated rings. The molecular weight excluding hydrogens is 397 g/mol. The number of amides is 2. The van der Waals surface area contributed by atoms with E-state index < -0.39 is 5.41 Å². The molecule has 3 aromatic rings. The van der Waals surface area contributed by atoms with E-state index in [0.29, 0.717) is 5.56 Å². The number of rotatable bonds is 6. The van der Waals surface area contributed by atoms with Crippen molar-refractivity contribution < 1.29 is 14.0 Å². The van der Waals surface area contributed by atoms with Gasteiger partial charge in [0.25, 0.3) is 5.91 Å². The highest BCUT2D eigenvalue weighted by Gasteiger charge is 2.51. The Bertz CT molecular complexity index is 1070. The van der Waals surface area contributed by atoms with E-state index >= 15 is 0 Å². The van der Waals surface area contributed by atoms with Crippen molar-refractivity contribution in [3.63, 3.8) is 0 Å². The fourth-order valence-electron chi connectivity index (χ4n) is 3.81. The quantitative estimate of drug-likeness (QED) is 0.664. The van der Waals surface area contributed by atoms with E-state index in [1.54, 1.807) is 41.6 Å². The van der Waals surface area contributed by atoms with Crippen LogP contribution in [0.15, 0.2) is 67.4 Å². The summed E-state index contributed by atoms with van der Waals surface area (Å²) < 4.78 is 14.4. The molecule has 1 aromatic carbocycles. The van der Waals surface area contributed by atoms with Crippen LogP contribution in [0, 0.1) is 11.2 Å². The summed E-state index contributed by atoms with van der Waals surface area (Å²) in [6, 6.07) is 9.81. The number of carbonyl (C=O) groups is 2. The molecular formula is C23H22FN5O2. The van der Waals surface area contributed by atoms with Crippen molar-refractivity contribution in [2.45, 2.75) is 19.4 Å². The van der Waals surface area contributed by atoms with Crippen molar-refractivity contribution in [1.82, 2.24) is 25.2 Å². The van der Waals surface area contributed by atoms with E-state index in [1.807, 2.05) is 13.0 Å². The predicted molar refractivity (Wildman–Crippen MR) is 111 cm³/mol. The topological polar surface area (TPSA) is 88.1 Å². The first-order chi connectivity index (χ1) is 15.0. The van der Waals surface area contributed by atoms with Gasteiger partial charge in [-0.15, -0.1) is 0 Å². The smallest absolute Gasteiger partial charge is 0.274 e. The van der Waals surface area contributed by atoms with Gasteiger partial charge in [-0.3, -0.25) is 19.6 Å². The van der Waals surface area contributed by atoms with Gasteiger partial charge in [-0.2, -0.15) is 0 Å². The second kappa shape index (κ2) is 8.59. The Kier molecular flexibility index (Phi) is 5.70. The number of halogens is 1. The van der Waals surface area contributed by atoms with E-state index in [-0.39, 0.29) is 48.9 Å². The highest BCUT2D eigenvalue weighted by molar-refractivity contribution is 5.95. The maximum Gasteiger partial charge on any atom is 0.274 e. The summed E-state index contributed by atoms with van der Waals surface area (Å²) in [5.41, 5.74) is 0.587. The van der Waals surface area contributed by atoms with Crippen molar-refractivity contribution >= 4 is 11.8 Å². The zero-order valence-electron chi connectivity index (χ0n) is 17.0. The number of carbonyl (C=O) groups excluding carboxylic acids is 2. The largest absolute Gasteiger partial charge is 0.349 e. The third kappa shape index (κ3) is 4.28. The lowest BCUT2D eigenvalue weighted by atomic mass is 9.73. The van der Waals surface area contributed by atoms with Crippen molar-refractivity contribution in [3.05, 3.63) is 90.0 Å². The monoisotopic (exact) mass is 419 g/mol.